The first-order chi connectivity index (χ1) is 12.4. The van der Waals surface area contributed by atoms with Gasteiger partial charge < -0.3 is 9.64 Å². The maximum Gasteiger partial charge on any atom is 0.278 e. The summed E-state index contributed by atoms with van der Waals surface area (Å²) in [5.41, 5.74) is 3.77. The molecule has 0 bridgehead atoms. The van der Waals surface area contributed by atoms with Crippen LogP contribution in [-0.4, -0.2) is 45.6 Å². The molecule has 0 spiro atoms. The van der Waals surface area contributed by atoms with Crippen LogP contribution in [-0.2, 0) is 14.8 Å². The number of hydrazine groups is 1. The van der Waals surface area contributed by atoms with Gasteiger partial charge in [0.25, 0.3) is 15.9 Å². The zero-order valence-corrected chi connectivity index (χ0v) is 16.1. The van der Waals surface area contributed by atoms with Crippen LogP contribution in [0.3, 0.4) is 0 Å². The number of nitrogens with zero attached hydrogens (tertiary/aromatic N) is 2. The predicted octanol–water partition coefficient (Wildman–Crippen LogP) is 1.22. The molecule has 3 rings (SSSR count). The molecule has 2 heterocycles. The smallest absolute Gasteiger partial charge is 0.278 e. The first-order valence-electron chi connectivity index (χ1n) is 8.06. The minimum atomic E-state index is -3.83. The van der Waals surface area contributed by atoms with Crippen molar-refractivity contribution in [1.29, 1.82) is 0 Å². The van der Waals surface area contributed by atoms with E-state index in [-0.39, 0.29) is 4.90 Å². The summed E-state index contributed by atoms with van der Waals surface area (Å²) in [4.78, 5) is 21.4. The van der Waals surface area contributed by atoms with Crippen LogP contribution in [0.5, 0.6) is 0 Å². The Kier molecular flexibility index (Phi) is 5.56. The van der Waals surface area contributed by atoms with Crippen LogP contribution in [0, 0.1) is 13.8 Å². The average molecular weight is 396 g/mol. The average Bonchev–Trinajstić information content (AvgIpc) is 3.03. The fraction of sp³-hybridized carbons (Fsp3) is 0.375. The molecular formula is C16H20N4O4S2. The Morgan fingerprint density at radius 3 is 2.50 bits per heavy atom. The number of amides is 1. The van der Waals surface area contributed by atoms with Gasteiger partial charge in [-0.3, -0.25) is 10.2 Å². The standard InChI is InChI=1S/C16H20N4O4S2/c1-11-3-5-13(6-4-11)26(22,23)19-18-15(21)14-12(2)17-16(25-14)20-7-9-24-10-8-20/h3-6,19H,7-10H2,1-2H3,(H,18,21). The van der Waals surface area contributed by atoms with E-state index in [1.165, 1.54) is 23.5 Å². The van der Waals surface area contributed by atoms with E-state index in [1.807, 2.05) is 6.92 Å². The number of hydrogen-bond acceptors (Lipinski definition) is 7. The number of benzene rings is 1. The van der Waals surface area contributed by atoms with Crippen molar-refractivity contribution in [3.8, 4) is 0 Å². The highest BCUT2D eigenvalue weighted by Crippen LogP contribution is 2.26. The minimum Gasteiger partial charge on any atom is -0.378 e. The van der Waals surface area contributed by atoms with Gasteiger partial charge in [0.05, 0.1) is 23.8 Å². The van der Waals surface area contributed by atoms with Gasteiger partial charge in [-0.05, 0) is 26.0 Å². The quantitative estimate of drug-likeness (QED) is 0.737. The van der Waals surface area contributed by atoms with Crippen LogP contribution in [0.15, 0.2) is 29.2 Å². The summed E-state index contributed by atoms with van der Waals surface area (Å²) in [5.74, 6) is -0.532. The lowest BCUT2D eigenvalue weighted by Gasteiger charge is -2.25. The summed E-state index contributed by atoms with van der Waals surface area (Å²) >= 11 is 1.23. The number of nitrogens with one attached hydrogen (secondary N) is 2. The lowest BCUT2D eigenvalue weighted by molar-refractivity contribution is 0.0948. The van der Waals surface area contributed by atoms with Gasteiger partial charge >= 0.3 is 0 Å². The fourth-order valence-electron chi connectivity index (χ4n) is 2.43. The third-order valence-electron chi connectivity index (χ3n) is 3.90. The number of anilines is 1. The maximum atomic E-state index is 12.4. The number of sulfonamides is 1. The van der Waals surface area contributed by atoms with E-state index < -0.39 is 15.9 Å². The van der Waals surface area contributed by atoms with Crippen LogP contribution in [0.4, 0.5) is 5.13 Å². The second-order valence-electron chi connectivity index (χ2n) is 5.88. The lowest BCUT2D eigenvalue weighted by atomic mass is 10.2. The molecule has 0 radical (unpaired) electrons. The zero-order chi connectivity index (χ0) is 18.7. The van der Waals surface area contributed by atoms with Gasteiger partial charge in [0.15, 0.2) is 5.13 Å². The molecule has 0 unspecified atom stereocenters. The molecule has 1 aromatic carbocycles. The van der Waals surface area contributed by atoms with Gasteiger partial charge in [0, 0.05) is 13.1 Å². The van der Waals surface area contributed by atoms with Gasteiger partial charge in [0.2, 0.25) is 0 Å². The molecule has 10 heteroatoms. The molecule has 1 saturated heterocycles. The molecule has 0 aliphatic carbocycles. The van der Waals surface area contributed by atoms with Crippen molar-refractivity contribution in [1.82, 2.24) is 15.2 Å². The molecular weight excluding hydrogens is 376 g/mol. The summed E-state index contributed by atoms with van der Waals surface area (Å²) in [5, 5.41) is 0.734. The second-order valence-corrected chi connectivity index (χ2v) is 8.54. The van der Waals surface area contributed by atoms with Gasteiger partial charge in [-0.2, -0.15) is 0 Å². The van der Waals surface area contributed by atoms with E-state index in [4.69, 9.17) is 4.74 Å². The summed E-state index contributed by atoms with van der Waals surface area (Å²) in [6, 6.07) is 6.35. The van der Waals surface area contributed by atoms with E-state index in [2.05, 4.69) is 20.1 Å². The number of thiazole rings is 1. The van der Waals surface area contributed by atoms with E-state index in [0.717, 1.165) is 10.7 Å². The van der Waals surface area contributed by atoms with E-state index in [9.17, 15) is 13.2 Å². The van der Waals surface area contributed by atoms with Gasteiger partial charge in [-0.1, -0.05) is 29.0 Å². The van der Waals surface area contributed by atoms with E-state index in [1.54, 1.807) is 19.1 Å². The van der Waals surface area contributed by atoms with Crippen LogP contribution in [0.1, 0.15) is 20.9 Å². The summed E-state index contributed by atoms with van der Waals surface area (Å²) < 4.78 is 29.8. The number of aryl methyl sites for hydroxylation is 2. The van der Waals surface area contributed by atoms with Crippen molar-refractivity contribution >= 4 is 32.4 Å². The predicted molar refractivity (Wildman–Crippen MR) is 98.8 cm³/mol. The second kappa shape index (κ2) is 7.70. The molecule has 2 N–H and O–H groups in total. The highest BCUT2D eigenvalue weighted by molar-refractivity contribution is 7.89. The third-order valence-corrected chi connectivity index (χ3v) is 6.38. The number of ether oxygens (including phenoxy) is 1. The molecule has 1 fully saturated rings. The Morgan fingerprint density at radius 2 is 1.85 bits per heavy atom. The topological polar surface area (TPSA) is 101 Å². The molecule has 140 valence electrons. The normalized spacial score (nSPS) is 15.1. The highest BCUT2D eigenvalue weighted by Gasteiger charge is 2.22. The molecule has 0 atom stereocenters. The van der Waals surface area contributed by atoms with E-state index >= 15 is 0 Å². The van der Waals surface area contributed by atoms with Crippen LogP contribution < -0.4 is 15.2 Å². The molecule has 0 saturated carbocycles. The molecule has 1 amide bonds. The zero-order valence-electron chi connectivity index (χ0n) is 14.5. The van der Waals surface area contributed by atoms with Gasteiger partial charge in [0.1, 0.15) is 4.88 Å². The first kappa shape index (κ1) is 18.8. The molecule has 1 aromatic heterocycles. The van der Waals surface area contributed by atoms with Gasteiger partial charge in [-0.15, -0.1) is 4.83 Å². The monoisotopic (exact) mass is 396 g/mol. The fourth-order valence-corrected chi connectivity index (χ4v) is 4.28. The largest absolute Gasteiger partial charge is 0.378 e. The van der Waals surface area contributed by atoms with Gasteiger partial charge in [-0.25, -0.2) is 13.4 Å². The molecule has 1 aliphatic heterocycles. The summed E-state index contributed by atoms with van der Waals surface area (Å²) in [6.45, 7) is 6.27. The number of carbonyl (C=O) groups excluding carboxylic acids is 1. The SMILES string of the molecule is Cc1ccc(S(=O)(=O)NNC(=O)c2sc(N3CCOCC3)nc2C)cc1. The Labute approximate surface area is 156 Å². The van der Waals surface area contributed by atoms with Crippen molar-refractivity contribution < 1.29 is 17.9 Å². The van der Waals surface area contributed by atoms with Crippen molar-refractivity contribution in [3.05, 3.63) is 40.4 Å². The third kappa shape index (κ3) is 4.21. The Morgan fingerprint density at radius 1 is 1.19 bits per heavy atom. The minimum absolute atomic E-state index is 0.0819. The Hall–Kier alpha value is -2.01. The first-order valence-corrected chi connectivity index (χ1v) is 10.4. The number of carbonyl (C=O) groups is 1. The van der Waals surface area contributed by atoms with E-state index in [0.29, 0.717) is 36.9 Å². The number of aromatic nitrogens is 1. The number of rotatable bonds is 5. The molecule has 2 aromatic rings. The number of morpholine rings is 1. The molecule has 8 nitrogen and oxygen atoms in total. The summed E-state index contributed by atoms with van der Waals surface area (Å²) in [6.07, 6.45) is 0. The highest BCUT2D eigenvalue weighted by atomic mass is 32.2. The maximum absolute atomic E-state index is 12.4. The molecule has 1 aliphatic rings. The molecule has 26 heavy (non-hydrogen) atoms. The Bertz CT molecular complexity index is 887. The van der Waals surface area contributed by atoms with Crippen LogP contribution >= 0.6 is 11.3 Å². The lowest BCUT2D eigenvalue weighted by Crippen LogP contribution is -2.41. The number of hydrogen-bond donors (Lipinski definition) is 2. The van der Waals surface area contributed by atoms with Crippen molar-refractivity contribution in [3.63, 3.8) is 0 Å². The Balaban J connectivity index is 1.68. The summed E-state index contributed by atoms with van der Waals surface area (Å²) in [7, 11) is -3.83. The van der Waals surface area contributed by atoms with Crippen molar-refractivity contribution in [2.45, 2.75) is 18.7 Å². The van der Waals surface area contributed by atoms with Crippen molar-refractivity contribution in [2.24, 2.45) is 0 Å². The van der Waals surface area contributed by atoms with Crippen LogP contribution in [0.25, 0.3) is 0 Å². The van der Waals surface area contributed by atoms with Crippen LogP contribution in [0.2, 0.25) is 0 Å². The van der Waals surface area contributed by atoms with Crippen molar-refractivity contribution in [2.75, 3.05) is 31.2 Å².